The molecule has 0 spiro atoms. The van der Waals surface area contributed by atoms with Gasteiger partial charge in [-0.25, -0.2) is 0 Å². The molecule has 1 heterocycles. The topological polar surface area (TPSA) is 24.7 Å². The number of piperidine rings is 1. The Labute approximate surface area is 151 Å². The van der Waals surface area contributed by atoms with E-state index in [1.54, 1.807) is 17.0 Å². The fourth-order valence-electron chi connectivity index (χ4n) is 3.70. The monoisotopic (exact) mass is 345 g/mol. The Morgan fingerprint density at radius 1 is 0.875 bits per heavy atom. The van der Waals surface area contributed by atoms with E-state index in [0.29, 0.717) is 5.75 Å². The van der Waals surface area contributed by atoms with Crippen LogP contribution in [0, 0.1) is 0 Å². The number of hydrogen-bond donors (Lipinski definition) is 2. The first-order valence-corrected chi connectivity index (χ1v) is 8.98. The standard InChI is InChI=1S/C21H27NO.ClH/c23-21-11-9-18(10-12-21)6-4-5-15-22-16-13-20(14-17-22)19-7-2-1-3-8-19;/h1-3,7-12,20,23H,4-6,13-17H2;1H. The predicted octanol–water partition coefficient (Wildman–Crippen LogP) is 0.181. The van der Waals surface area contributed by atoms with Crippen LogP contribution in [0.3, 0.4) is 0 Å². The number of phenols is 1. The zero-order chi connectivity index (χ0) is 15.9. The molecule has 3 rings (SSSR count). The van der Waals surface area contributed by atoms with E-state index < -0.39 is 0 Å². The average Bonchev–Trinajstić information content (AvgIpc) is 2.62. The molecule has 0 radical (unpaired) electrons. The summed E-state index contributed by atoms with van der Waals surface area (Å²) in [6.07, 6.45) is 6.33. The molecular weight excluding hydrogens is 318 g/mol. The van der Waals surface area contributed by atoms with Gasteiger partial charge in [0.1, 0.15) is 5.75 Å². The molecule has 1 saturated heterocycles. The van der Waals surface area contributed by atoms with Gasteiger partial charge in [0.05, 0.1) is 19.6 Å². The molecule has 0 aliphatic carbocycles. The Kier molecular flexibility index (Phi) is 7.61. The van der Waals surface area contributed by atoms with Crippen LogP contribution in [0.4, 0.5) is 0 Å². The quantitative estimate of drug-likeness (QED) is 0.717. The first-order valence-electron chi connectivity index (χ1n) is 8.98. The van der Waals surface area contributed by atoms with Crippen molar-refractivity contribution in [3.63, 3.8) is 0 Å². The van der Waals surface area contributed by atoms with Gasteiger partial charge in [-0.3, -0.25) is 0 Å². The number of phenolic OH excluding ortho intramolecular Hbond substituents is 1. The van der Waals surface area contributed by atoms with Crippen LogP contribution in [-0.2, 0) is 6.42 Å². The number of aryl methyl sites for hydroxylation is 1. The van der Waals surface area contributed by atoms with Crippen molar-refractivity contribution in [2.24, 2.45) is 0 Å². The molecule has 0 amide bonds. The second kappa shape index (κ2) is 9.71. The molecule has 0 bridgehead atoms. The van der Waals surface area contributed by atoms with Crippen molar-refractivity contribution in [3.05, 3.63) is 65.7 Å². The summed E-state index contributed by atoms with van der Waals surface area (Å²) in [5.74, 6) is 1.14. The number of rotatable bonds is 6. The van der Waals surface area contributed by atoms with E-state index in [9.17, 15) is 5.11 Å². The Morgan fingerprint density at radius 2 is 1.54 bits per heavy atom. The zero-order valence-electron chi connectivity index (χ0n) is 14.3. The van der Waals surface area contributed by atoms with E-state index >= 15 is 0 Å². The molecule has 2 nitrogen and oxygen atoms in total. The van der Waals surface area contributed by atoms with E-state index in [0.717, 1.165) is 12.3 Å². The highest BCUT2D eigenvalue weighted by Crippen LogP contribution is 2.23. The predicted molar refractivity (Wildman–Crippen MR) is 95.0 cm³/mol. The number of aromatic hydroxyl groups is 1. The lowest BCUT2D eigenvalue weighted by atomic mass is 9.89. The van der Waals surface area contributed by atoms with Gasteiger partial charge in [0.2, 0.25) is 0 Å². The van der Waals surface area contributed by atoms with Crippen molar-refractivity contribution < 1.29 is 22.4 Å². The summed E-state index contributed by atoms with van der Waals surface area (Å²) in [5.41, 5.74) is 2.86. The Balaban J connectivity index is 0.00000208. The average molecular weight is 346 g/mol. The van der Waals surface area contributed by atoms with E-state index in [1.807, 2.05) is 12.1 Å². The fraction of sp³-hybridized carbons (Fsp3) is 0.429. The van der Waals surface area contributed by atoms with Crippen molar-refractivity contribution in [1.29, 1.82) is 0 Å². The van der Waals surface area contributed by atoms with Gasteiger partial charge in [-0.1, -0.05) is 42.5 Å². The molecule has 2 aromatic carbocycles. The van der Waals surface area contributed by atoms with Crippen molar-refractivity contribution in [2.45, 2.75) is 38.0 Å². The SMILES string of the molecule is Oc1ccc(CCCC[NH+]2CCC(c3ccccc3)CC2)cc1.[Cl-]. The van der Waals surface area contributed by atoms with E-state index in [1.165, 1.54) is 56.4 Å². The minimum absolute atomic E-state index is 0. The second-order valence-electron chi connectivity index (χ2n) is 6.81. The molecule has 1 fully saturated rings. The van der Waals surface area contributed by atoms with Gasteiger partial charge in [-0.2, -0.15) is 0 Å². The van der Waals surface area contributed by atoms with Crippen LogP contribution in [0.15, 0.2) is 54.6 Å². The molecule has 1 aliphatic heterocycles. The smallest absolute Gasteiger partial charge is 0.115 e. The Morgan fingerprint density at radius 3 is 2.21 bits per heavy atom. The van der Waals surface area contributed by atoms with Gasteiger partial charge in [0, 0.05) is 12.8 Å². The van der Waals surface area contributed by atoms with Gasteiger partial charge >= 0.3 is 0 Å². The van der Waals surface area contributed by atoms with Crippen molar-refractivity contribution >= 4 is 0 Å². The first kappa shape index (κ1) is 18.8. The third kappa shape index (κ3) is 5.54. The molecule has 24 heavy (non-hydrogen) atoms. The van der Waals surface area contributed by atoms with Crippen LogP contribution < -0.4 is 17.3 Å². The van der Waals surface area contributed by atoms with Crippen LogP contribution in [0.2, 0.25) is 0 Å². The number of quaternary nitrogens is 1. The molecule has 0 atom stereocenters. The maximum absolute atomic E-state index is 9.30. The Bertz CT molecular complexity index is 577. The third-order valence-electron chi connectivity index (χ3n) is 5.15. The highest BCUT2D eigenvalue weighted by Gasteiger charge is 2.22. The number of halogens is 1. The fourth-order valence-corrected chi connectivity index (χ4v) is 3.70. The molecule has 0 unspecified atom stereocenters. The van der Waals surface area contributed by atoms with E-state index in [2.05, 4.69) is 30.3 Å². The van der Waals surface area contributed by atoms with Crippen molar-refractivity contribution in [2.75, 3.05) is 19.6 Å². The Hall–Kier alpha value is -1.51. The molecule has 0 saturated carbocycles. The molecule has 3 heteroatoms. The highest BCUT2D eigenvalue weighted by molar-refractivity contribution is 5.25. The highest BCUT2D eigenvalue weighted by atomic mass is 35.5. The van der Waals surface area contributed by atoms with Crippen LogP contribution in [0.25, 0.3) is 0 Å². The third-order valence-corrected chi connectivity index (χ3v) is 5.15. The maximum atomic E-state index is 9.30. The van der Waals surface area contributed by atoms with Crippen LogP contribution >= 0.6 is 0 Å². The number of nitrogens with one attached hydrogen (secondary N) is 1. The van der Waals surface area contributed by atoms with Gasteiger partial charge in [0.25, 0.3) is 0 Å². The van der Waals surface area contributed by atoms with Crippen molar-refractivity contribution in [1.82, 2.24) is 0 Å². The first-order chi connectivity index (χ1) is 11.3. The summed E-state index contributed by atoms with van der Waals surface area (Å²) < 4.78 is 0. The second-order valence-corrected chi connectivity index (χ2v) is 6.81. The van der Waals surface area contributed by atoms with E-state index in [-0.39, 0.29) is 12.4 Å². The summed E-state index contributed by atoms with van der Waals surface area (Å²) in [6, 6.07) is 18.7. The van der Waals surface area contributed by atoms with Crippen LogP contribution in [0.1, 0.15) is 42.7 Å². The van der Waals surface area contributed by atoms with Gasteiger partial charge in [0.15, 0.2) is 0 Å². The maximum Gasteiger partial charge on any atom is 0.115 e. The summed E-state index contributed by atoms with van der Waals surface area (Å²) in [4.78, 5) is 1.78. The number of hydrogen-bond acceptors (Lipinski definition) is 1. The minimum atomic E-state index is 0. The summed E-state index contributed by atoms with van der Waals surface area (Å²) in [6.45, 7) is 3.94. The summed E-state index contributed by atoms with van der Waals surface area (Å²) in [5, 5.41) is 9.30. The number of benzene rings is 2. The molecule has 2 N–H and O–H groups in total. The van der Waals surface area contributed by atoms with Crippen molar-refractivity contribution in [3.8, 4) is 5.75 Å². The molecule has 1 aliphatic rings. The zero-order valence-corrected chi connectivity index (χ0v) is 15.0. The van der Waals surface area contributed by atoms with Crippen LogP contribution in [0.5, 0.6) is 5.75 Å². The lowest BCUT2D eigenvalue weighted by molar-refractivity contribution is -0.905. The van der Waals surface area contributed by atoms with Gasteiger partial charge in [-0.15, -0.1) is 0 Å². The summed E-state index contributed by atoms with van der Waals surface area (Å²) >= 11 is 0. The van der Waals surface area contributed by atoms with E-state index in [4.69, 9.17) is 0 Å². The molecule has 2 aromatic rings. The lowest BCUT2D eigenvalue weighted by Gasteiger charge is -2.29. The summed E-state index contributed by atoms with van der Waals surface area (Å²) in [7, 11) is 0. The number of likely N-dealkylation sites (tertiary alicyclic amines) is 1. The largest absolute Gasteiger partial charge is 1.00 e. The van der Waals surface area contributed by atoms with Crippen LogP contribution in [-0.4, -0.2) is 24.7 Å². The normalized spacial score (nSPS) is 20.3. The number of unbranched alkanes of at least 4 members (excludes halogenated alkanes) is 1. The molecule has 0 aromatic heterocycles. The van der Waals surface area contributed by atoms with Gasteiger partial charge in [-0.05, 0) is 48.4 Å². The van der Waals surface area contributed by atoms with Gasteiger partial charge < -0.3 is 22.4 Å². The molecule has 130 valence electrons. The molecular formula is C21H28ClNO. The lowest BCUT2D eigenvalue weighted by Crippen LogP contribution is -3.13. The minimum Gasteiger partial charge on any atom is -1.00 e.